The lowest BCUT2D eigenvalue weighted by Gasteiger charge is -2.14. The van der Waals surface area contributed by atoms with Gasteiger partial charge in [0.1, 0.15) is 0 Å². The van der Waals surface area contributed by atoms with E-state index >= 15 is 0 Å². The first-order valence-corrected chi connectivity index (χ1v) is 8.28. The third kappa shape index (κ3) is 5.77. The van der Waals surface area contributed by atoms with Crippen LogP contribution in [0.15, 0.2) is 24.3 Å². The molecular weight excluding hydrogens is 262 g/mol. The summed E-state index contributed by atoms with van der Waals surface area (Å²) in [6.07, 6.45) is 3.82. The highest BCUT2D eigenvalue weighted by atomic mass is 16.5. The van der Waals surface area contributed by atoms with E-state index in [0.29, 0.717) is 18.6 Å². The van der Waals surface area contributed by atoms with Crippen LogP contribution in [0.3, 0.4) is 0 Å². The summed E-state index contributed by atoms with van der Waals surface area (Å²) in [5.74, 6) is 0.554. The van der Waals surface area contributed by atoms with Crippen LogP contribution in [0, 0.1) is 0 Å². The summed E-state index contributed by atoms with van der Waals surface area (Å²) in [5.41, 5.74) is 2.63. The van der Waals surface area contributed by atoms with E-state index in [1.54, 1.807) is 0 Å². The fourth-order valence-corrected chi connectivity index (χ4v) is 2.64. The maximum absolute atomic E-state index is 5.75. The second-order valence-corrected chi connectivity index (χ2v) is 6.00. The number of benzene rings is 1. The number of hydrogen-bond acceptors (Lipinski definition) is 3. The molecule has 21 heavy (non-hydrogen) atoms. The topological polar surface area (TPSA) is 30.5 Å². The molecule has 1 aromatic carbocycles. The first kappa shape index (κ1) is 16.5. The van der Waals surface area contributed by atoms with Crippen molar-refractivity contribution in [2.24, 2.45) is 0 Å². The molecule has 1 fully saturated rings. The Morgan fingerprint density at radius 1 is 1.33 bits per heavy atom. The average Bonchev–Trinajstić information content (AvgIpc) is 3.01. The molecule has 118 valence electrons. The molecule has 3 heteroatoms. The molecule has 0 amide bonds. The Morgan fingerprint density at radius 2 is 2.14 bits per heavy atom. The van der Waals surface area contributed by atoms with Crippen LogP contribution in [0.25, 0.3) is 0 Å². The Kier molecular flexibility index (Phi) is 7.20. The van der Waals surface area contributed by atoms with Crippen LogP contribution in [-0.4, -0.2) is 32.4 Å². The molecule has 0 aromatic heterocycles. The van der Waals surface area contributed by atoms with E-state index in [2.05, 4.69) is 43.4 Å². The highest BCUT2D eigenvalue weighted by Gasteiger charge is 2.15. The largest absolute Gasteiger partial charge is 0.376 e. The molecule has 1 aliphatic rings. The van der Waals surface area contributed by atoms with Crippen molar-refractivity contribution in [1.29, 1.82) is 0 Å². The molecule has 1 aromatic rings. The smallest absolute Gasteiger partial charge is 0.0809 e. The molecule has 2 unspecified atom stereocenters. The highest BCUT2D eigenvalue weighted by Crippen LogP contribution is 2.16. The van der Waals surface area contributed by atoms with E-state index in [-0.39, 0.29) is 0 Å². The summed E-state index contributed by atoms with van der Waals surface area (Å²) in [5, 5.41) is 3.47. The molecule has 3 nitrogen and oxygen atoms in total. The van der Waals surface area contributed by atoms with Crippen molar-refractivity contribution in [3.63, 3.8) is 0 Å². The maximum atomic E-state index is 5.75. The quantitative estimate of drug-likeness (QED) is 0.707. The molecule has 0 bridgehead atoms. The van der Waals surface area contributed by atoms with Crippen molar-refractivity contribution in [2.75, 3.05) is 26.3 Å². The molecule has 1 saturated heterocycles. The normalized spacial score (nSPS) is 19.8. The molecule has 1 heterocycles. The van der Waals surface area contributed by atoms with Crippen LogP contribution in [0.5, 0.6) is 0 Å². The van der Waals surface area contributed by atoms with Gasteiger partial charge in [-0.3, -0.25) is 0 Å². The Labute approximate surface area is 129 Å². The van der Waals surface area contributed by atoms with Crippen LogP contribution < -0.4 is 5.32 Å². The minimum atomic E-state index is 0.314. The first-order valence-electron chi connectivity index (χ1n) is 8.28. The molecule has 0 aliphatic carbocycles. The van der Waals surface area contributed by atoms with Crippen LogP contribution in [0.1, 0.15) is 50.2 Å². The van der Waals surface area contributed by atoms with Crippen LogP contribution in [0.4, 0.5) is 0 Å². The predicted octanol–water partition coefficient (Wildman–Crippen LogP) is 3.49. The molecule has 1 aliphatic heterocycles. The van der Waals surface area contributed by atoms with Gasteiger partial charge in [0.15, 0.2) is 0 Å². The van der Waals surface area contributed by atoms with Crippen molar-refractivity contribution in [3.05, 3.63) is 35.4 Å². The number of rotatable bonds is 9. The molecule has 2 atom stereocenters. The molecular formula is C18H29NO2. The lowest BCUT2D eigenvalue weighted by atomic mass is 10.00. The number of nitrogens with one attached hydrogen (secondary N) is 1. The monoisotopic (exact) mass is 291 g/mol. The van der Waals surface area contributed by atoms with Gasteiger partial charge in [0.2, 0.25) is 0 Å². The fourth-order valence-electron chi connectivity index (χ4n) is 2.64. The zero-order chi connectivity index (χ0) is 14.9. The third-order valence-corrected chi connectivity index (χ3v) is 4.02. The van der Waals surface area contributed by atoms with E-state index in [9.17, 15) is 0 Å². The van der Waals surface area contributed by atoms with Gasteiger partial charge in [-0.2, -0.15) is 0 Å². The summed E-state index contributed by atoms with van der Waals surface area (Å²) in [6.45, 7) is 8.91. The van der Waals surface area contributed by atoms with Gasteiger partial charge in [0.25, 0.3) is 0 Å². The summed E-state index contributed by atoms with van der Waals surface area (Å²) in [4.78, 5) is 0. The van der Waals surface area contributed by atoms with Crippen LogP contribution >= 0.6 is 0 Å². The summed E-state index contributed by atoms with van der Waals surface area (Å²) < 4.78 is 11.3. The van der Waals surface area contributed by atoms with Gasteiger partial charge in [-0.25, -0.2) is 0 Å². The van der Waals surface area contributed by atoms with Gasteiger partial charge in [-0.05, 0) is 42.9 Å². The van der Waals surface area contributed by atoms with E-state index in [4.69, 9.17) is 9.47 Å². The zero-order valence-corrected chi connectivity index (χ0v) is 13.4. The third-order valence-electron chi connectivity index (χ3n) is 4.02. The standard InChI is InChI=1S/C18H29NO2/c1-3-10-19-12-15(2)17-8-6-16(7-9-17)13-20-14-18-5-4-11-21-18/h6-9,15,18-19H,3-5,10-14H2,1-2H3. The van der Waals surface area contributed by atoms with E-state index in [1.165, 1.54) is 24.0 Å². The Balaban J connectivity index is 1.70. The van der Waals surface area contributed by atoms with Gasteiger partial charge in [-0.1, -0.05) is 38.1 Å². The van der Waals surface area contributed by atoms with E-state index < -0.39 is 0 Å². The first-order chi connectivity index (χ1) is 10.3. The van der Waals surface area contributed by atoms with E-state index in [0.717, 1.165) is 32.7 Å². The lowest BCUT2D eigenvalue weighted by Crippen LogP contribution is -2.20. The molecule has 1 N–H and O–H groups in total. The lowest BCUT2D eigenvalue weighted by molar-refractivity contribution is 0.0106. The summed E-state index contributed by atoms with van der Waals surface area (Å²) >= 11 is 0. The highest BCUT2D eigenvalue weighted by molar-refractivity contribution is 5.24. The minimum absolute atomic E-state index is 0.314. The van der Waals surface area contributed by atoms with Crippen LogP contribution in [0.2, 0.25) is 0 Å². The van der Waals surface area contributed by atoms with Gasteiger partial charge in [0.05, 0.1) is 19.3 Å². The molecule has 0 saturated carbocycles. The maximum Gasteiger partial charge on any atom is 0.0809 e. The Bertz CT molecular complexity index is 385. The summed E-state index contributed by atoms with van der Waals surface area (Å²) in [7, 11) is 0. The van der Waals surface area contributed by atoms with E-state index in [1.807, 2.05) is 0 Å². The van der Waals surface area contributed by atoms with Crippen molar-refractivity contribution in [2.45, 2.75) is 51.7 Å². The Hall–Kier alpha value is -0.900. The van der Waals surface area contributed by atoms with Gasteiger partial charge in [0, 0.05) is 13.2 Å². The Morgan fingerprint density at radius 3 is 2.81 bits per heavy atom. The van der Waals surface area contributed by atoms with Crippen molar-refractivity contribution in [3.8, 4) is 0 Å². The predicted molar refractivity (Wildman–Crippen MR) is 86.6 cm³/mol. The van der Waals surface area contributed by atoms with Crippen molar-refractivity contribution in [1.82, 2.24) is 5.32 Å². The average molecular weight is 291 g/mol. The minimum Gasteiger partial charge on any atom is -0.376 e. The SMILES string of the molecule is CCCNCC(C)c1ccc(COCC2CCCO2)cc1. The summed E-state index contributed by atoms with van der Waals surface area (Å²) in [6, 6.07) is 8.81. The van der Waals surface area contributed by atoms with Gasteiger partial charge < -0.3 is 14.8 Å². The van der Waals surface area contributed by atoms with Gasteiger partial charge in [-0.15, -0.1) is 0 Å². The molecule has 0 radical (unpaired) electrons. The zero-order valence-electron chi connectivity index (χ0n) is 13.4. The number of hydrogen-bond donors (Lipinski definition) is 1. The van der Waals surface area contributed by atoms with Crippen LogP contribution in [-0.2, 0) is 16.1 Å². The second-order valence-electron chi connectivity index (χ2n) is 6.00. The van der Waals surface area contributed by atoms with Crippen molar-refractivity contribution >= 4 is 0 Å². The van der Waals surface area contributed by atoms with Crippen molar-refractivity contribution < 1.29 is 9.47 Å². The van der Waals surface area contributed by atoms with Gasteiger partial charge >= 0.3 is 0 Å². The number of ether oxygens (including phenoxy) is 2. The molecule has 0 spiro atoms. The molecule has 2 rings (SSSR count). The fraction of sp³-hybridized carbons (Fsp3) is 0.667. The second kappa shape index (κ2) is 9.19.